The molecule has 5 nitrogen and oxygen atoms in total. The van der Waals surface area contributed by atoms with Crippen LogP contribution in [0.4, 0.5) is 4.79 Å². The van der Waals surface area contributed by atoms with Crippen LogP contribution in [0.1, 0.15) is 33.6 Å². The van der Waals surface area contributed by atoms with Crippen LogP contribution in [0.3, 0.4) is 0 Å². The fourth-order valence-corrected chi connectivity index (χ4v) is 1.62. The number of carboxylic acid groups (broad SMARTS) is 1. The third kappa shape index (κ3) is 3.11. The zero-order valence-electron chi connectivity index (χ0n) is 11.0. The number of nitrogens with zero attached hydrogens (tertiary/aromatic N) is 1. The molecule has 1 fully saturated rings. The number of carbonyl (C=O) groups is 2. The van der Waals surface area contributed by atoms with Crippen LogP contribution in [-0.4, -0.2) is 41.6 Å². The number of aliphatic carboxylic acids is 1. The molecular weight excluding hydrogens is 220 g/mol. The maximum absolute atomic E-state index is 11.8. The van der Waals surface area contributed by atoms with Gasteiger partial charge in [-0.3, -0.25) is 4.79 Å². The van der Waals surface area contributed by atoms with Gasteiger partial charge in [-0.15, -0.1) is 0 Å². The molecule has 98 valence electrons. The van der Waals surface area contributed by atoms with Crippen molar-refractivity contribution in [3.8, 4) is 0 Å². The molecule has 0 aliphatic heterocycles. The molecule has 17 heavy (non-hydrogen) atoms. The van der Waals surface area contributed by atoms with Gasteiger partial charge in [-0.1, -0.05) is 13.8 Å². The first-order valence-corrected chi connectivity index (χ1v) is 6.04. The Hall–Kier alpha value is -1.26. The highest BCUT2D eigenvalue weighted by molar-refractivity contribution is 5.80. The summed E-state index contributed by atoms with van der Waals surface area (Å²) in [6.45, 7) is 6.31. The Bertz CT molecular complexity index is 311. The normalized spacial score (nSPS) is 18.6. The van der Waals surface area contributed by atoms with Crippen LogP contribution in [-0.2, 0) is 4.79 Å². The van der Waals surface area contributed by atoms with Gasteiger partial charge in [0.2, 0.25) is 0 Å². The molecule has 0 heterocycles. The first-order valence-electron chi connectivity index (χ1n) is 6.04. The Morgan fingerprint density at radius 3 is 2.24 bits per heavy atom. The zero-order valence-corrected chi connectivity index (χ0v) is 11.0. The van der Waals surface area contributed by atoms with E-state index in [0.717, 1.165) is 0 Å². The molecule has 1 atom stereocenters. The third-order valence-corrected chi connectivity index (χ3v) is 3.78. The van der Waals surface area contributed by atoms with Crippen molar-refractivity contribution in [3.63, 3.8) is 0 Å². The number of urea groups is 1. The molecule has 1 aliphatic carbocycles. The van der Waals surface area contributed by atoms with Gasteiger partial charge in [0.15, 0.2) is 0 Å². The zero-order chi connectivity index (χ0) is 13.2. The van der Waals surface area contributed by atoms with Crippen molar-refractivity contribution < 1.29 is 14.7 Å². The summed E-state index contributed by atoms with van der Waals surface area (Å²) >= 11 is 0. The average Bonchev–Trinajstić information content (AvgIpc) is 3.04. The van der Waals surface area contributed by atoms with E-state index in [1.54, 1.807) is 11.9 Å². The number of hydrogen-bond donors (Lipinski definition) is 2. The van der Waals surface area contributed by atoms with E-state index in [2.05, 4.69) is 5.32 Å². The smallest absolute Gasteiger partial charge is 0.317 e. The molecule has 0 bridgehead atoms. The largest absolute Gasteiger partial charge is 0.481 e. The predicted octanol–water partition coefficient (Wildman–Crippen LogP) is 1.54. The van der Waals surface area contributed by atoms with Crippen molar-refractivity contribution in [1.82, 2.24) is 10.2 Å². The van der Waals surface area contributed by atoms with Crippen LogP contribution in [0.2, 0.25) is 0 Å². The Labute approximate surface area is 102 Å². The number of nitrogens with one attached hydrogen (secondary N) is 1. The van der Waals surface area contributed by atoms with Crippen molar-refractivity contribution in [1.29, 1.82) is 0 Å². The van der Waals surface area contributed by atoms with Gasteiger partial charge in [0.1, 0.15) is 0 Å². The van der Waals surface area contributed by atoms with E-state index in [0.29, 0.717) is 18.8 Å². The fourth-order valence-electron chi connectivity index (χ4n) is 1.62. The number of carboxylic acids is 1. The fraction of sp³-hybridized carbons (Fsp3) is 0.833. The summed E-state index contributed by atoms with van der Waals surface area (Å²) in [5.74, 6) is -0.433. The molecular formula is C12H22N2O3. The van der Waals surface area contributed by atoms with Crippen LogP contribution in [0.15, 0.2) is 0 Å². The van der Waals surface area contributed by atoms with E-state index in [-0.39, 0.29) is 18.6 Å². The summed E-state index contributed by atoms with van der Waals surface area (Å²) in [6.07, 6.45) is 1.32. The molecule has 0 radical (unpaired) electrons. The van der Waals surface area contributed by atoms with Gasteiger partial charge < -0.3 is 15.3 Å². The lowest BCUT2D eigenvalue weighted by Gasteiger charge is -2.28. The summed E-state index contributed by atoms with van der Waals surface area (Å²) in [5, 5.41) is 11.7. The molecule has 0 aromatic heterocycles. The van der Waals surface area contributed by atoms with Crippen LogP contribution >= 0.6 is 0 Å². The highest BCUT2D eigenvalue weighted by Crippen LogP contribution is 2.45. The molecule has 1 unspecified atom stereocenters. The van der Waals surface area contributed by atoms with E-state index in [9.17, 15) is 9.59 Å². The van der Waals surface area contributed by atoms with E-state index >= 15 is 0 Å². The van der Waals surface area contributed by atoms with Crippen LogP contribution in [0, 0.1) is 11.3 Å². The van der Waals surface area contributed by atoms with Crippen LogP contribution in [0.5, 0.6) is 0 Å². The van der Waals surface area contributed by atoms with Gasteiger partial charge >= 0.3 is 12.0 Å². The highest BCUT2D eigenvalue weighted by Gasteiger charge is 2.50. The molecule has 5 heteroatoms. The molecule has 0 spiro atoms. The first-order chi connectivity index (χ1) is 7.80. The lowest BCUT2D eigenvalue weighted by molar-refractivity contribution is -0.143. The van der Waals surface area contributed by atoms with Crippen LogP contribution < -0.4 is 5.32 Å². The molecule has 0 saturated heterocycles. The predicted molar refractivity (Wildman–Crippen MR) is 64.8 cm³/mol. The SMILES string of the molecule is CC(C)C(C)N(C)C(=O)NCC1(C(=O)O)CC1. The van der Waals surface area contributed by atoms with Crippen molar-refractivity contribution in [3.05, 3.63) is 0 Å². The van der Waals surface area contributed by atoms with E-state index in [1.165, 1.54) is 0 Å². The van der Waals surface area contributed by atoms with Gasteiger partial charge in [-0.2, -0.15) is 0 Å². The molecule has 2 N–H and O–H groups in total. The Kier molecular flexibility index (Phi) is 4.01. The monoisotopic (exact) mass is 242 g/mol. The summed E-state index contributed by atoms with van der Waals surface area (Å²) in [6, 6.07) is -0.0614. The van der Waals surface area contributed by atoms with Crippen molar-refractivity contribution in [2.75, 3.05) is 13.6 Å². The maximum Gasteiger partial charge on any atom is 0.317 e. The maximum atomic E-state index is 11.8. The molecule has 1 aliphatic rings. The van der Waals surface area contributed by atoms with E-state index in [1.807, 2.05) is 20.8 Å². The molecule has 2 amide bonds. The number of carbonyl (C=O) groups excluding carboxylic acids is 1. The van der Waals surface area contributed by atoms with Crippen molar-refractivity contribution in [2.24, 2.45) is 11.3 Å². The van der Waals surface area contributed by atoms with Crippen LogP contribution in [0.25, 0.3) is 0 Å². The van der Waals surface area contributed by atoms with Gasteiger partial charge in [0.25, 0.3) is 0 Å². The summed E-state index contributed by atoms with van der Waals surface area (Å²) in [4.78, 5) is 24.4. The highest BCUT2D eigenvalue weighted by atomic mass is 16.4. The van der Waals surface area contributed by atoms with E-state index < -0.39 is 11.4 Å². The van der Waals surface area contributed by atoms with Gasteiger partial charge in [-0.25, -0.2) is 4.79 Å². The molecule has 1 saturated carbocycles. The van der Waals surface area contributed by atoms with Gasteiger partial charge in [0, 0.05) is 19.6 Å². The Balaban J connectivity index is 2.42. The first kappa shape index (κ1) is 13.8. The molecule has 0 aromatic carbocycles. The number of hydrogen-bond acceptors (Lipinski definition) is 2. The Morgan fingerprint density at radius 1 is 1.35 bits per heavy atom. The third-order valence-electron chi connectivity index (χ3n) is 3.78. The van der Waals surface area contributed by atoms with Gasteiger partial charge in [0.05, 0.1) is 5.41 Å². The van der Waals surface area contributed by atoms with Gasteiger partial charge in [-0.05, 0) is 25.7 Å². The number of amides is 2. The minimum Gasteiger partial charge on any atom is -0.481 e. The quantitative estimate of drug-likeness (QED) is 0.768. The minimum atomic E-state index is -0.808. The summed E-state index contributed by atoms with van der Waals surface area (Å²) in [5.41, 5.74) is -0.697. The lowest BCUT2D eigenvalue weighted by atomic mass is 10.1. The summed E-state index contributed by atoms with van der Waals surface area (Å²) in [7, 11) is 1.74. The molecule has 0 aromatic rings. The number of rotatable bonds is 5. The van der Waals surface area contributed by atoms with Crippen molar-refractivity contribution in [2.45, 2.75) is 39.7 Å². The van der Waals surface area contributed by atoms with Crippen molar-refractivity contribution >= 4 is 12.0 Å². The standard InChI is InChI=1S/C12H22N2O3/c1-8(2)9(3)14(4)11(17)13-7-12(5-6-12)10(15)16/h8-9H,5-7H2,1-4H3,(H,13,17)(H,15,16). The second-order valence-corrected chi connectivity index (χ2v) is 5.34. The second kappa shape index (κ2) is 4.94. The topological polar surface area (TPSA) is 69.6 Å². The Morgan fingerprint density at radius 2 is 1.88 bits per heavy atom. The summed E-state index contributed by atoms with van der Waals surface area (Å²) < 4.78 is 0. The minimum absolute atomic E-state index is 0.134. The average molecular weight is 242 g/mol. The lowest BCUT2D eigenvalue weighted by Crippen LogP contribution is -2.46. The molecule has 1 rings (SSSR count). The second-order valence-electron chi connectivity index (χ2n) is 5.34. The van der Waals surface area contributed by atoms with E-state index in [4.69, 9.17) is 5.11 Å².